The van der Waals surface area contributed by atoms with Crippen molar-refractivity contribution in [2.24, 2.45) is 16.2 Å². The van der Waals surface area contributed by atoms with Crippen molar-refractivity contribution in [3.8, 4) is 0 Å². The van der Waals surface area contributed by atoms with E-state index in [-0.39, 0.29) is 91.8 Å². The molecule has 113 heavy (non-hydrogen) atoms. The third-order valence-electron chi connectivity index (χ3n) is 17.8. The monoisotopic (exact) mass is 1530 g/mol. The molecule has 8 aliphatic rings. The molecular weight excluding hydrogens is 1450 g/mol. The molecule has 0 aromatic heterocycles. The minimum Gasteiger partial charge on any atom is -0.322 e. The normalized spacial score (nSPS) is 16.1. The summed E-state index contributed by atoms with van der Waals surface area (Å²) in [5, 5.41) is 5.45. The van der Waals surface area contributed by atoms with Gasteiger partial charge in [-0.1, -0.05) is 84.0 Å². The number of likely N-dealkylation sites (N-methyl/N-ethyl adjacent to an activating group) is 1. The maximum atomic E-state index is 12.8. The maximum absolute atomic E-state index is 12.8. The third kappa shape index (κ3) is 22.2. The van der Waals surface area contributed by atoms with Crippen LogP contribution < -0.4 is 35.1 Å². The highest BCUT2D eigenvalue weighted by atomic mass is 16.2. The Bertz CT molecular complexity index is 4760. The van der Waals surface area contributed by atoms with E-state index in [2.05, 4.69) is 52.2 Å². The van der Waals surface area contributed by atoms with Crippen molar-refractivity contribution in [2.75, 3.05) is 55.3 Å². The molecule has 0 bridgehead atoms. The van der Waals surface area contributed by atoms with Gasteiger partial charge < -0.3 is 15.4 Å². The highest BCUT2D eigenvalue weighted by Gasteiger charge is 2.37. The van der Waals surface area contributed by atoms with Crippen molar-refractivity contribution in [3.63, 3.8) is 0 Å². The largest absolute Gasteiger partial charge is 0.322 e. The second-order valence-corrected chi connectivity index (χ2v) is 28.8. The van der Waals surface area contributed by atoms with E-state index in [4.69, 9.17) is 0 Å². The van der Waals surface area contributed by atoms with Crippen LogP contribution in [0.1, 0.15) is 107 Å². The van der Waals surface area contributed by atoms with Crippen LogP contribution in [0.4, 0.5) is 39.8 Å². The highest BCUT2D eigenvalue weighted by molar-refractivity contribution is 6.32. The molecule has 0 spiro atoms. The van der Waals surface area contributed by atoms with Gasteiger partial charge in [0.25, 0.3) is 106 Å². The molecule has 0 fully saturated rings. The van der Waals surface area contributed by atoms with Gasteiger partial charge in [0.2, 0.25) is 0 Å². The van der Waals surface area contributed by atoms with E-state index in [0.717, 1.165) is 79.4 Å². The zero-order valence-corrected chi connectivity index (χ0v) is 63.4. The Hall–Kier alpha value is -14.3. The summed E-state index contributed by atoms with van der Waals surface area (Å²) in [7, 11) is 1.45. The number of benzene rings is 5. The Morgan fingerprint density at radius 3 is 0.903 bits per heavy atom. The molecule has 0 unspecified atom stereocenters. The summed E-state index contributed by atoms with van der Waals surface area (Å²) < 4.78 is 0. The zero-order valence-electron chi connectivity index (χ0n) is 63.4. The first kappa shape index (κ1) is 84.4. The number of rotatable bonds is 19. The van der Waals surface area contributed by atoms with Crippen LogP contribution in [0.3, 0.4) is 0 Å². The maximum Gasteiger partial charge on any atom is 0.258 e. The number of ketones is 1. The standard InChI is InChI=1S/C28H18N4O6.C23H34N2O4.C15H10N2O4.C10H7NO2.C5H5NO2.C3H6O/c33-23-10-11-24(34)31(23)21-8-1-4-17(14-21)27(37)29-19-6-3-7-20(16-19)30-28(38)18-5-2-9-22(15-18)32-25(35)12-13-26(32)36;1-21(2,11-13-22(3,4)15-24-17(26)7-8-18(24)27)12-14-23(5,6)16-25-19(28)9-10-20(25)29;1-9-2-3-10(16-12(18)4-5-13(16)19)8-11(9)17-14(20)6-7-15(17)21;12-9-6-7-10(13)11(9)8-4-2-1-3-5-8;1-6-4(7)2-3-5(6)8;1-3(2)4/h1-16H,(H,29,37)(H,30,38);7-10H,11-16H2,1-6H3;2-8H,1H3;1-7H;2-3H,1H3;1-2H3. The van der Waals surface area contributed by atoms with Crippen LogP contribution in [-0.4, -0.2) is 147 Å². The summed E-state index contributed by atoms with van der Waals surface area (Å²) in [4.78, 5) is 229. The van der Waals surface area contributed by atoms with Gasteiger partial charge in [0.15, 0.2) is 0 Å². The zero-order chi connectivity index (χ0) is 83.0. The molecular formula is C84H80N10O19. The number of Topliss-reactive ketones (excluding diaryl/α,β-unsaturated/α-hetero) is 1. The molecule has 5 aromatic carbocycles. The number of hydrogen-bond acceptors (Lipinski definition) is 19. The Morgan fingerprint density at radius 2 is 0.575 bits per heavy atom. The third-order valence-corrected chi connectivity index (χ3v) is 17.8. The summed E-state index contributed by atoms with van der Waals surface area (Å²) in [5.74, 6) is -6.52. The van der Waals surface area contributed by atoms with Gasteiger partial charge in [-0.2, -0.15) is 0 Å². The molecule has 18 amide bonds. The SMILES string of the molecule is CC(C)(CCC(C)(C)CN1C(=O)C=CC1=O)CCC(C)(C)CN1C(=O)C=CC1=O.CC(C)=O.CN1C(=O)C=CC1=O.Cc1ccc(N2C(=O)C=CC2=O)cc1N1C(=O)C=CC1=O.O=C(Nc1cccc(NC(=O)c2cccc(N3C(=O)C=CC3=O)c2)c1)c1cccc(N2C(=O)C=CC2=O)c1.O=C1C=CC(=O)N1c1ccccc1. The predicted molar refractivity (Wildman–Crippen MR) is 416 cm³/mol. The number of nitrogens with zero attached hydrogens (tertiary/aromatic N) is 8. The molecule has 8 aliphatic heterocycles. The molecule has 0 aliphatic carbocycles. The van der Waals surface area contributed by atoms with Crippen molar-refractivity contribution in [1.29, 1.82) is 0 Å². The quantitative estimate of drug-likeness (QED) is 0.0730. The number of imide groups is 8. The van der Waals surface area contributed by atoms with Crippen LogP contribution in [0.2, 0.25) is 0 Å². The molecule has 2 N–H and O–H groups in total. The van der Waals surface area contributed by atoms with Crippen LogP contribution >= 0.6 is 0 Å². The first-order valence-corrected chi connectivity index (χ1v) is 35.2. The Balaban J connectivity index is 0.000000188. The summed E-state index contributed by atoms with van der Waals surface area (Å²) in [5.41, 5.74) is 3.51. The fourth-order valence-corrected chi connectivity index (χ4v) is 11.6. The molecule has 29 nitrogen and oxygen atoms in total. The summed E-state index contributed by atoms with van der Waals surface area (Å²) in [6, 6.07) is 32.2. The van der Waals surface area contributed by atoms with Gasteiger partial charge in [-0.15, -0.1) is 0 Å². The van der Waals surface area contributed by atoms with Crippen molar-refractivity contribution in [1.82, 2.24) is 14.7 Å². The van der Waals surface area contributed by atoms with Gasteiger partial charge in [-0.3, -0.25) is 101 Å². The van der Waals surface area contributed by atoms with Crippen LogP contribution in [0, 0.1) is 23.2 Å². The van der Waals surface area contributed by atoms with Gasteiger partial charge in [-0.05, 0) is 147 Å². The second-order valence-electron chi connectivity index (χ2n) is 28.8. The number of hydrogen-bond donors (Lipinski definition) is 2. The van der Waals surface area contributed by atoms with Crippen LogP contribution in [0.15, 0.2) is 219 Å². The van der Waals surface area contributed by atoms with Gasteiger partial charge in [0.05, 0.1) is 28.4 Å². The summed E-state index contributed by atoms with van der Waals surface area (Å²) in [6.07, 6.45) is 23.4. The van der Waals surface area contributed by atoms with Gasteiger partial charge in [-0.25, -0.2) is 24.5 Å². The Morgan fingerprint density at radius 1 is 0.301 bits per heavy atom. The topological polar surface area (TPSA) is 374 Å². The molecule has 0 saturated heterocycles. The van der Waals surface area contributed by atoms with Gasteiger partial charge >= 0.3 is 0 Å². The lowest BCUT2D eigenvalue weighted by atomic mass is 9.73. The number of anilines is 7. The molecule has 29 heteroatoms. The first-order chi connectivity index (χ1) is 53.2. The van der Waals surface area contributed by atoms with Crippen molar-refractivity contribution < 1.29 is 91.1 Å². The Labute approximate surface area is 649 Å². The average molecular weight is 1530 g/mol. The fourth-order valence-electron chi connectivity index (χ4n) is 11.6. The number of carbonyl (C=O) groups is 19. The van der Waals surface area contributed by atoms with Crippen LogP contribution in [-0.2, 0) is 81.5 Å². The number of amides is 18. The predicted octanol–water partition coefficient (Wildman–Crippen LogP) is 8.63. The lowest BCUT2D eigenvalue weighted by Crippen LogP contribution is -2.39. The summed E-state index contributed by atoms with van der Waals surface area (Å²) in [6.45, 7) is 18.4. The van der Waals surface area contributed by atoms with E-state index in [1.165, 1.54) is 122 Å². The van der Waals surface area contributed by atoms with E-state index in [1.54, 1.807) is 104 Å². The molecule has 0 saturated carbocycles. The minimum absolute atomic E-state index is 0.0725. The molecule has 580 valence electrons. The van der Waals surface area contributed by atoms with Gasteiger partial charge in [0.1, 0.15) is 5.78 Å². The van der Waals surface area contributed by atoms with Crippen molar-refractivity contribution >= 4 is 152 Å². The van der Waals surface area contributed by atoms with E-state index in [1.807, 2.05) is 6.07 Å². The van der Waals surface area contributed by atoms with Crippen molar-refractivity contribution in [2.45, 2.75) is 88.0 Å². The molecule has 5 aromatic rings. The average Bonchev–Trinajstić information content (AvgIpc) is 1.72. The molecule has 0 atom stereocenters. The lowest BCUT2D eigenvalue weighted by Gasteiger charge is -2.36. The van der Waals surface area contributed by atoms with E-state index >= 15 is 0 Å². The number of nitrogens with one attached hydrogen (secondary N) is 2. The van der Waals surface area contributed by atoms with Gasteiger partial charge in [0, 0.05) is 140 Å². The number of para-hydroxylation sites is 1. The van der Waals surface area contributed by atoms with Crippen molar-refractivity contribution in [3.05, 3.63) is 235 Å². The van der Waals surface area contributed by atoms with E-state index < -0.39 is 59.1 Å². The van der Waals surface area contributed by atoms with Crippen LogP contribution in [0.25, 0.3) is 0 Å². The second kappa shape index (κ2) is 36.3. The Kier molecular flexibility index (Phi) is 27.1. The summed E-state index contributed by atoms with van der Waals surface area (Å²) >= 11 is 0. The smallest absolute Gasteiger partial charge is 0.258 e. The van der Waals surface area contributed by atoms with Crippen LogP contribution in [0.5, 0.6) is 0 Å². The molecule has 13 rings (SSSR count). The van der Waals surface area contributed by atoms with E-state index in [0.29, 0.717) is 47.1 Å². The number of carbonyl (C=O) groups excluding carboxylic acids is 19. The fraction of sp³-hybridized carbons (Fsp3) is 0.226. The van der Waals surface area contributed by atoms with E-state index in [9.17, 15) is 91.1 Å². The molecule has 8 heterocycles. The lowest BCUT2D eigenvalue weighted by molar-refractivity contribution is -0.139. The first-order valence-electron chi connectivity index (χ1n) is 35.2. The highest BCUT2D eigenvalue weighted by Crippen LogP contribution is 2.39. The molecule has 0 radical (unpaired) electrons. The minimum atomic E-state index is -0.489. The number of aryl methyl sites for hydroxylation is 1.